The molecule has 1 heterocycles. The molecule has 25 heavy (non-hydrogen) atoms. The molecule has 2 aromatic rings. The number of carbonyl (C=O) groups excluding carboxylic acids is 1. The highest BCUT2D eigenvalue weighted by Gasteiger charge is 2.20. The predicted octanol–water partition coefficient (Wildman–Crippen LogP) is 3.26. The summed E-state index contributed by atoms with van der Waals surface area (Å²) in [7, 11) is -0.544. The second-order valence-corrected chi connectivity index (χ2v) is 9.31. The van der Waals surface area contributed by atoms with Crippen LogP contribution in [0.15, 0.2) is 52.5 Å². The lowest BCUT2D eigenvalue weighted by Gasteiger charge is -2.12. The number of ketones is 1. The molecule has 134 valence electrons. The van der Waals surface area contributed by atoms with E-state index in [0.29, 0.717) is 10.6 Å². The summed E-state index contributed by atoms with van der Waals surface area (Å²) in [5.41, 5.74) is 1.86. The Morgan fingerprint density at radius 1 is 1.16 bits per heavy atom. The van der Waals surface area contributed by atoms with Crippen molar-refractivity contribution in [2.45, 2.75) is 35.4 Å². The summed E-state index contributed by atoms with van der Waals surface area (Å²) in [6, 6.07) is 10.8. The number of nitrogens with zero attached hydrogens (tertiary/aromatic N) is 2. The molecule has 0 radical (unpaired) electrons. The average Bonchev–Trinajstić information content (AvgIpc) is 2.61. The van der Waals surface area contributed by atoms with Crippen molar-refractivity contribution in [3.05, 3.63) is 53.7 Å². The van der Waals surface area contributed by atoms with E-state index in [1.54, 1.807) is 6.07 Å². The molecule has 1 aromatic heterocycles. The SMILES string of the molecule is CCc1ccc(C(=O)C(C)Sc2ccc(S(=O)(=O)N(C)C)cn2)cc1. The second kappa shape index (κ2) is 8.12. The Hall–Kier alpha value is -1.70. The Bertz CT molecular complexity index is 830. The Labute approximate surface area is 153 Å². The number of thioether (sulfide) groups is 1. The number of pyridine rings is 1. The fourth-order valence-electron chi connectivity index (χ4n) is 2.17. The van der Waals surface area contributed by atoms with Crippen molar-refractivity contribution in [3.8, 4) is 0 Å². The molecular weight excluding hydrogens is 356 g/mol. The maximum absolute atomic E-state index is 12.5. The van der Waals surface area contributed by atoms with Gasteiger partial charge in [-0.2, -0.15) is 0 Å². The van der Waals surface area contributed by atoms with Crippen molar-refractivity contribution in [3.63, 3.8) is 0 Å². The molecule has 0 aliphatic rings. The van der Waals surface area contributed by atoms with Gasteiger partial charge >= 0.3 is 0 Å². The van der Waals surface area contributed by atoms with Crippen LogP contribution in [0.3, 0.4) is 0 Å². The third-order valence-electron chi connectivity index (χ3n) is 3.80. The standard InChI is InChI=1S/C18H22N2O3S2/c1-5-14-6-8-15(9-7-14)18(21)13(2)24-17-11-10-16(12-19-17)25(22,23)20(3)4/h6-13H,5H2,1-4H3. The summed E-state index contributed by atoms with van der Waals surface area (Å²) < 4.78 is 25.2. The van der Waals surface area contributed by atoms with Crippen molar-refractivity contribution >= 4 is 27.6 Å². The van der Waals surface area contributed by atoms with Crippen LogP contribution >= 0.6 is 11.8 Å². The van der Waals surface area contributed by atoms with Crippen LogP contribution in [0.25, 0.3) is 0 Å². The molecule has 0 aliphatic heterocycles. The molecule has 1 atom stereocenters. The van der Waals surface area contributed by atoms with Crippen molar-refractivity contribution in [1.29, 1.82) is 0 Å². The average molecular weight is 379 g/mol. The van der Waals surface area contributed by atoms with E-state index in [1.165, 1.54) is 43.7 Å². The molecule has 0 bridgehead atoms. The van der Waals surface area contributed by atoms with E-state index < -0.39 is 10.0 Å². The van der Waals surface area contributed by atoms with E-state index in [4.69, 9.17) is 0 Å². The van der Waals surface area contributed by atoms with Gasteiger partial charge < -0.3 is 0 Å². The number of Topliss-reactive ketones (excluding diaryl/α,β-unsaturated/α-hetero) is 1. The zero-order valence-corrected chi connectivity index (χ0v) is 16.4. The minimum atomic E-state index is -3.49. The first kappa shape index (κ1) is 19.6. The first-order valence-electron chi connectivity index (χ1n) is 7.94. The van der Waals surface area contributed by atoms with Gasteiger partial charge in [0, 0.05) is 25.9 Å². The van der Waals surface area contributed by atoms with Crippen molar-refractivity contribution < 1.29 is 13.2 Å². The number of rotatable bonds is 7. The third kappa shape index (κ3) is 4.68. The second-order valence-electron chi connectivity index (χ2n) is 5.79. The van der Waals surface area contributed by atoms with Crippen molar-refractivity contribution in [1.82, 2.24) is 9.29 Å². The fourth-order valence-corrected chi connectivity index (χ4v) is 3.89. The normalized spacial score (nSPS) is 13.0. The van der Waals surface area contributed by atoms with Gasteiger partial charge in [-0.05, 0) is 31.0 Å². The lowest BCUT2D eigenvalue weighted by atomic mass is 10.1. The van der Waals surface area contributed by atoms with E-state index in [2.05, 4.69) is 11.9 Å². The van der Waals surface area contributed by atoms with E-state index in [0.717, 1.165) is 10.7 Å². The highest BCUT2D eigenvalue weighted by Crippen LogP contribution is 2.25. The van der Waals surface area contributed by atoms with Gasteiger partial charge in [0.15, 0.2) is 5.78 Å². The van der Waals surface area contributed by atoms with Crippen LogP contribution in [0.1, 0.15) is 29.8 Å². The Morgan fingerprint density at radius 3 is 2.28 bits per heavy atom. The molecule has 2 rings (SSSR count). The molecule has 1 unspecified atom stereocenters. The van der Waals surface area contributed by atoms with Gasteiger partial charge in [0.1, 0.15) is 4.90 Å². The van der Waals surface area contributed by atoms with Gasteiger partial charge in [-0.1, -0.05) is 43.0 Å². The predicted molar refractivity (Wildman–Crippen MR) is 101 cm³/mol. The fraction of sp³-hybridized carbons (Fsp3) is 0.333. The van der Waals surface area contributed by atoms with Crippen LogP contribution in [0.5, 0.6) is 0 Å². The third-order valence-corrected chi connectivity index (χ3v) is 6.65. The summed E-state index contributed by atoms with van der Waals surface area (Å²) in [5, 5.41) is 0.306. The number of aryl methyl sites for hydroxylation is 1. The number of aromatic nitrogens is 1. The number of benzene rings is 1. The van der Waals surface area contributed by atoms with Gasteiger partial charge in [-0.15, -0.1) is 0 Å². The molecule has 0 aliphatic carbocycles. The summed E-state index contributed by atoms with van der Waals surface area (Å²) in [4.78, 5) is 16.8. The van der Waals surface area contributed by atoms with E-state index in [1.807, 2.05) is 31.2 Å². The maximum Gasteiger partial charge on any atom is 0.244 e. The molecule has 0 saturated carbocycles. The monoisotopic (exact) mass is 378 g/mol. The highest BCUT2D eigenvalue weighted by molar-refractivity contribution is 8.00. The van der Waals surface area contributed by atoms with E-state index in [-0.39, 0.29) is 15.9 Å². The zero-order chi connectivity index (χ0) is 18.6. The Morgan fingerprint density at radius 2 is 1.80 bits per heavy atom. The molecule has 0 amide bonds. The van der Waals surface area contributed by atoms with E-state index >= 15 is 0 Å². The van der Waals surface area contributed by atoms with Crippen molar-refractivity contribution in [2.75, 3.05) is 14.1 Å². The van der Waals surface area contributed by atoms with E-state index in [9.17, 15) is 13.2 Å². The van der Waals surface area contributed by atoms with Crippen LogP contribution in [-0.4, -0.2) is 42.8 Å². The maximum atomic E-state index is 12.5. The number of sulfonamides is 1. The Balaban J connectivity index is 2.09. The first-order chi connectivity index (χ1) is 11.8. The number of hydrogen-bond donors (Lipinski definition) is 0. The largest absolute Gasteiger partial charge is 0.293 e. The minimum Gasteiger partial charge on any atom is -0.293 e. The summed E-state index contributed by atoms with van der Waals surface area (Å²) >= 11 is 1.32. The van der Waals surface area contributed by atoms with Crippen LogP contribution in [0.4, 0.5) is 0 Å². The Kier molecular flexibility index (Phi) is 6.37. The molecule has 1 aromatic carbocycles. The molecule has 5 nitrogen and oxygen atoms in total. The van der Waals surface area contributed by atoms with Crippen LogP contribution < -0.4 is 0 Å². The zero-order valence-electron chi connectivity index (χ0n) is 14.8. The molecule has 0 saturated heterocycles. The minimum absolute atomic E-state index is 0.0273. The molecular formula is C18H22N2O3S2. The number of hydrogen-bond acceptors (Lipinski definition) is 5. The van der Waals surface area contributed by atoms with Gasteiger partial charge in [-0.25, -0.2) is 17.7 Å². The smallest absolute Gasteiger partial charge is 0.244 e. The van der Waals surface area contributed by atoms with Crippen LogP contribution in [-0.2, 0) is 16.4 Å². The molecule has 0 spiro atoms. The lowest BCUT2D eigenvalue weighted by Crippen LogP contribution is -2.22. The molecule has 7 heteroatoms. The summed E-state index contributed by atoms with van der Waals surface area (Å²) in [6.07, 6.45) is 2.26. The molecule has 0 N–H and O–H groups in total. The lowest BCUT2D eigenvalue weighted by molar-refractivity contribution is 0.0994. The van der Waals surface area contributed by atoms with Gasteiger partial charge in [0.25, 0.3) is 0 Å². The molecule has 0 fully saturated rings. The summed E-state index contributed by atoms with van der Waals surface area (Å²) in [6.45, 7) is 3.90. The topological polar surface area (TPSA) is 67.3 Å². The van der Waals surface area contributed by atoms with Crippen LogP contribution in [0.2, 0.25) is 0 Å². The van der Waals surface area contributed by atoms with Gasteiger partial charge in [-0.3, -0.25) is 4.79 Å². The van der Waals surface area contributed by atoms with Gasteiger partial charge in [0.05, 0.1) is 10.3 Å². The number of carbonyl (C=O) groups is 1. The van der Waals surface area contributed by atoms with Gasteiger partial charge in [0.2, 0.25) is 10.0 Å². The first-order valence-corrected chi connectivity index (χ1v) is 10.3. The highest BCUT2D eigenvalue weighted by atomic mass is 32.2. The summed E-state index contributed by atoms with van der Waals surface area (Å²) in [5.74, 6) is 0.0273. The van der Waals surface area contributed by atoms with Crippen LogP contribution in [0, 0.1) is 0 Å². The quantitative estimate of drug-likeness (QED) is 0.546. The van der Waals surface area contributed by atoms with Crippen molar-refractivity contribution in [2.24, 2.45) is 0 Å².